The van der Waals surface area contributed by atoms with Crippen LogP contribution in [0.25, 0.3) is 0 Å². The summed E-state index contributed by atoms with van der Waals surface area (Å²) >= 11 is 0. The van der Waals surface area contributed by atoms with Crippen molar-refractivity contribution >= 4 is 16.1 Å². The van der Waals surface area contributed by atoms with Gasteiger partial charge in [-0.15, -0.1) is 0 Å². The standard InChI is InChI=1S/C14H18O3S/c1-12-5-7-13(8-6-12)18(16,17)14(11-15)9-3-2-4-10-14/h5-8,11H,2-4,9-10H2,1H3. The molecular formula is C14H18O3S. The van der Waals surface area contributed by atoms with Gasteiger partial charge in [0.1, 0.15) is 11.0 Å². The normalized spacial score (nSPS) is 19.4. The Bertz CT molecular complexity index is 523. The predicted octanol–water partition coefficient (Wildman–Crippen LogP) is 2.67. The molecule has 0 aromatic heterocycles. The Morgan fingerprint density at radius 1 is 1.06 bits per heavy atom. The topological polar surface area (TPSA) is 51.2 Å². The molecule has 0 heterocycles. The molecule has 0 unspecified atom stereocenters. The van der Waals surface area contributed by atoms with Crippen LogP contribution in [0.5, 0.6) is 0 Å². The Kier molecular flexibility index (Phi) is 3.57. The Labute approximate surface area is 108 Å². The highest BCUT2D eigenvalue weighted by molar-refractivity contribution is 7.93. The van der Waals surface area contributed by atoms with Gasteiger partial charge in [0.25, 0.3) is 0 Å². The lowest BCUT2D eigenvalue weighted by Crippen LogP contribution is -2.42. The largest absolute Gasteiger partial charge is 0.302 e. The maximum atomic E-state index is 12.6. The third-order valence-corrected chi connectivity index (χ3v) is 6.25. The molecule has 0 saturated heterocycles. The van der Waals surface area contributed by atoms with Crippen molar-refractivity contribution in [3.8, 4) is 0 Å². The molecule has 0 N–H and O–H groups in total. The van der Waals surface area contributed by atoms with Crippen LogP contribution in [0.2, 0.25) is 0 Å². The first-order valence-corrected chi connectivity index (χ1v) is 7.78. The summed E-state index contributed by atoms with van der Waals surface area (Å²) in [6.07, 6.45) is 4.19. The van der Waals surface area contributed by atoms with Crippen molar-refractivity contribution < 1.29 is 13.2 Å². The smallest absolute Gasteiger partial charge is 0.190 e. The van der Waals surface area contributed by atoms with Crippen molar-refractivity contribution in [2.45, 2.75) is 48.7 Å². The monoisotopic (exact) mass is 266 g/mol. The van der Waals surface area contributed by atoms with Crippen molar-refractivity contribution in [1.82, 2.24) is 0 Å². The molecule has 3 nitrogen and oxygen atoms in total. The molecule has 0 radical (unpaired) electrons. The summed E-state index contributed by atoms with van der Waals surface area (Å²) < 4.78 is 24.0. The fourth-order valence-corrected chi connectivity index (χ4v) is 4.47. The highest BCUT2D eigenvalue weighted by Gasteiger charge is 2.45. The minimum absolute atomic E-state index is 0.266. The van der Waals surface area contributed by atoms with E-state index in [2.05, 4.69) is 0 Å². The molecular weight excluding hydrogens is 248 g/mol. The molecule has 0 aliphatic heterocycles. The summed E-state index contributed by atoms with van der Waals surface area (Å²) in [5.74, 6) is 0. The lowest BCUT2D eigenvalue weighted by Gasteiger charge is -2.31. The van der Waals surface area contributed by atoms with E-state index in [0.29, 0.717) is 19.1 Å². The molecule has 2 rings (SSSR count). The SMILES string of the molecule is Cc1ccc(S(=O)(=O)C2(C=O)CCCCC2)cc1. The van der Waals surface area contributed by atoms with E-state index in [1.165, 1.54) is 0 Å². The van der Waals surface area contributed by atoms with Crippen LogP contribution in [0.1, 0.15) is 37.7 Å². The minimum Gasteiger partial charge on any atom is -0.302 e. The summed E-state index contributed by atoms with van der Waals surface area (Å²) in [6, 6.07) is 6.75. The quantitative estimate of drug-likeness (QED) is 0.790. The molecule has 18 heavy (non-hydrogen) atoms. The van der Waals surface area contributed by atoms with Crippen LogP contribution < -0.4 is 0 Å². The molecule has 1 aromatic carbocycles. The number of benzene rings is 1. The first-order valence-electron chi connectivity index (χ1n) is 6.29. The summed E-state index contributed by atoms with van der Waals surface area (Å²) in [5, 5.41) is 0. The van der Waals surface area contributed by atoms with E-state index >= 15 is 0 Å². The average Bonchev–Trinajstić information content (AvgIpc) is 2.40. The van der Waals surface area contributed by atoms with Gasteiger partial charge >= 0.3 is 0 Å². The van der Waals surface area contributed by atoms with Crippen molar-refractivity contribution in [2.75, 3.05) is 0 Å². The molecule has 0 spiro atoms. The average molecular weight is 266 g/mol. The van der Waals surface area contributed by atoms with Gasteiger partial charge in [0, 0.05) is 0 Å². The highest BCUT2D eigenvalue weighted by Crippen LogP contribution is 2.37. The van der Waals surface area contributed by atoms with Crippen molar-refractivity contribution in [1.29, 1.82) is 0 Å². The number of carbonyl (C=O) groups excluding carboxylic acids is 1. The maximum Gasteiger partial charge on any atom is 0.190 e. The van der Waals surface area contributed by atoms with Gasteiger partial charge in [-0.1, -0.05) is 37.0 Å². The molecule has 0 amide bonds. The Hall–Kier alpha value is -1.16. The second-order valence-electron chi connectivity index (χ2n) is 5.06. The van der Waals surface area contributed by atoms with Gasteiger partial charge in [-0.2, -0.15) is 0 Å². The van der Waals surface area contributed by atoms with E-state index in [1.807, 2.05) is 6.92 Å². The second kappa shape index (κ2) is 4.84. The third-order valence-electron chi connectivity index (χ3n) is 3.78. The van der Waals surface area contributed by atoms with Gasteiger partial charge in [0.15, 0.2) is 9.84 Å². The number of hydrogen-bond acceptors (Lipinski definition) is 3. The van der Waals surface area contributed by atoms with Crippen LogP contribution >= 0.6 is 0 Å². The minimum atomic E-state index is -3.56. The van der Waals surface area contributed by atoms with Gasteiger partial charge in [-0.3, -0.25) is 0 Å². The van der Waals surface area contributed by atoms with Crippen LogP contribution in [0, 0.1) is 6.92 Å². The van der Waals surface area contributed by atoms with Crippen molar-refractivity contribution in [3.63, 3.8) is 0 Å². The van der Waals surface area contributed by atoms with Crippen LogP contribution in [0.4, 0.5) is 0 Å². The van der Waals surface area contributed by atoms with Crippen molar-refractivity contribution in [3.05, 3.63) is 29.8 Å². The zero-order chi connectivity index (χ0) is 13.2. The molecule has 1 aliphatic carbocycles. The summed E-state index contributed by atoms with van der Waals surface area (Å²) in [4.78, 5) is 11.7. The second-order valence-corrected chi connectivity index (χ2v) is 7.35. The van der Waals surface area contributed by atoms with E-state index in [9.17, 15) is 13.2 Å². The highest BCUT2D eigenvalue weighted by atomic mass is 32.2. The van der Waals surface area contributed by atoms with Gasteiger partial charge < -0.3 is 4.79 Å². The molecule has 1 aromatic rings. The van der Waals surface area contributed by atoms with Gasteiger partial charge in [-0.05, 0) is 31.9 Å². The van der Waals surface area contributed by atoms with Crippen molar-refractivity contribution in [2.24, 2.45) is 0 Å². The van der Waals surface area contributed by atoms with Crippen LogP contribution in [0.15, 0.2) is 29.2 Å². The third kappa shape index (κ3) is 2.09. The number of aldehydes is 1. The molecule has 0 atom stereocenters. The maximum absolute atomic E-state index is 12.6. The number of carbonyl (C=O) groups is 1. The number of rotatable bonds is 3. The Morgan fingerprint density at radius 3 is 2.11 bits per heavy atom. The molecule has 1 aliphatic rings. The van der Waals surface area contributed by atoms with E-state index in [0.717, 1.165) is 24.8 Å². The zero-order valence-corrected chi connectivity index (χ0v) is 11.4. The van der Waals surface area contributed by atoms with E-state index in [-0.39, 0.29) is 4.90 Å². The summed E-state index contributed by atoms with van der Waals surface area (Å²) in [7, 11) is -3.56. The van der Waals surface area contributed by atoms with Gasteiger partial charge in [0.05, 0.1) is 4.90 Å². The first kappa shape index (κ1) is 13.3. The first-order chi connectivity index (χ1) is 8.52. The van der Waals surface area contributed by atoms with Crippen LogP contribution in [-0.4, -0.2) is 19.5 Å². The molecule has 98 valence electrons. The zero-order valence-electron chi connectivity index (χ0n) is 10.6. The van der Waals surface area contributed by atoms with E-state index in [4.69, 9.17) is 0 Å². The molecule has 0 bridgehead atoms. The lowest BCUT2D eigenvalue weighted by atomic mass is 9.89. The number of hydrogen-bond donors (Lipinski definition) is 0. The van der Waals surface area contributed by atoms with Crippen LogP contribution in [0.3, 0.4) is 0 Å². The summed E-state index contributed by atoms with van der Waals surface area (Å²) in [5.41, 5.74) is 1.01. The van der Waals surface area contributed by atoms with E-state index < -0.39 is 14.6 Å². The predicted molar refractivity (Wildman–Crippen MR) is 70.2 cm³/mol. The van der Waals surface area contributed by atoms with Crippen LogP contribution in [-0.2, 0) is 14.6 Å². The lowest BCUT2D eigenvalue weighted by molar-refractivity contribution is -0.110. The molecule has 1 saturated carbocycles. The fourth-order valence-electron chi connectivity index (χ4n) is 2.55. The fraction of sp³-hybridized carbons (Fsp3) is 0.500. The van der Waals surface area contributed by atoms with Gasteiger partial charge in [-0.25, -0.2) is 8.42 Å². The van der Waals surface area contributed by atoms with E-state index in [1.54, 1.807) is 24.3 Å². The number of sulfone groups is 1. The Balaban J connectivity index is 2.46. The van der Waals surface area contributed by atoms with Gasteiger partial charge in [0.2, 0.25) is 0 Å². The molecule has 1 fully saturated rings. The molecule has 4 heteroatoms. The number of aryl methyl sites for hydroxylation is 1. The summed E-state index contributed by atoms with van der Waals surface area (Å²) in [6.45, 7) is 1.91. The Morgan fingerprint density at radius 2 is 1.61 bits per heavy atom.